The van der Waals surface area contributed by atoms with Crippen molar-refractivity contribution in [1.29, 1.82) is 0 Å². The number of aryl methyl sites for hydroxylation is 3. The van der Waals surface area contributed by atoms with Gasteiger partial charge in [0.1, 0.15) is 0 Å². The molecule has 0 aliphatic carbocycles. The van der Waals surface area contributed by atoms with Crippen molar-refractivity contribution in [3.8, 4) is 74.1 Å². The van der Waals surface area contributed by atoms with Crippen molar-refractivity contribution in [1.82, 2.24) is 66.4 Å². The molecule has 0 radical (unpaired) electrons. The van der Waals surface area contributed by atoms with Crippen molar-refractivity contribution >= 4 is 94.9 Å². The molecule has 21 heteroatoms. The van der Waals surface area contributed by atoms with Crippen LogP contribution in [0, 0.1) is 71.9 Å². The van der Waals surface area contributed by atoms with Crippen LogP contribution in [0.1, 0.15) is 116 Å². The molecule has 150 heavy (non-hydrogen) atoms. The van der Waals surface area contributed by atoms with Crippen molar-refractivity contribution in [2.45, 2.75) is 122 Å². The van der Waals surface area contributed by atoms with Gasteiger partial charge in [-0.3, -0.25) is 15.0 Å². The van der Waals surface area contributed by atoms with Gasteiger partial charge in [0.25, 0.3) is 0 Å². The Hall–Kier alpha value is -14.8. The van der Waals surface area contributed by atoms with Crippen molar-refractivity contribution < 1.29 is 67.9 Å². The average Bonchev–Trinajstić information content (AvgIpc) is 1.58. The molecular formula is C129H123N17OPt3. The Bertz CT molecular complexity index is 8250. The first-order chi connectivity index (χ1) is 71.5. The minimum atomic E-state index is 0. The zero-order valence-corrected chi connectivity index (χ0v) is 94.1. The van der Waals surface area contributed by atoms with E-state index < -0.39 is 0 Å². The molecule has 14 aromatic carbocycles. The Labute approximate surface area is 924 Å². The van der Waals surface area contributed by atoms with Crippen LogP contribution in [-0.4, -0.2) is 66.4 Å². The second-order valence-electron chi connectivity index (χ2n) is 40.8. The molecule has 0 fully saturated rings. The van der Waals surface area contributed by atoms with Gasteiger partial charge >= 0.3 is 63.2 Å². The second kappa shape index (κ2) is 47.8. The summed E-state index contributed by atoms with van der Waals surface area (Å²) in [4.78, 5) is 35.3. The third-order valence-electron chi connectivity index (χ3n) is 26.2. The Morgan fingerprint density at radius 3 is 1.01 bits per heavy atom. The van der Waals surface area contributed by atoms with E-state index in [0.717, 1.165) is 168 Å². The molecule has 0 spiro atoms. The molecular weight excluding hydrogens is 2390 g/mol. The van der Waals surface area contributed by atoms with E-state index in [1.165, 1.54) is 61.2 Å². The number of hydrogen-bond donors (Lipinski definition) is 0. The van der Waals surface area contributed by atoms with Gasteiger partial charge in [-0.1, -0.05) is 263 Å². The van der Waals surface area contributed by atoms with Gasteiger partial charge in [0.2, 0.25) is 5.95 Å². The Kier molecular flexibility index (Phi) is 33.9. The summed E-state index contributed by atoms with van der Waals surface area (Å²) < 4.78 is 23.3. The molecule has 0 amide bonds. The number of benzene rings is 14. The minimum absolute atomic E-state index is 0. The maximum absolute atomic E-state index is 6.33. The quantitative estimate of drug-likeness (QED) is 0.0386. The molecule has 760 valence electrons. The fraction of sp³-hybridized carbons (Fsp3) is 0.209. The van der Waals surface area contributed by atoms with Gasteiger partial charge in [-0.15, -0.1) is 137 Å². The van der Waals surface area contributed by atoms with Crippen LogP contribution >= 0.6 is 0 Å². The van der Waals surface area contributed by atoms with E-state index in [2.05, 4.69) is 405 Å². The molecule has 0 saturated heterocycles. The molecule has 0 bridgehead atoms. The van der Waals surface area contributed by atoms with Gasteiger partial charge in [-0.05, 0) is 197 Å². The van der Waals surface area contributed by atoms with Crippen LogP contribution in [0.15, 0.2) is 366 Å². The number of hydrogen-bond acceptors (Lipinski definition) is 10. The van der Waals surface area contributed by atoms with E-state index in [4.69, 9.17) is 29.7 Å². The first-order valence-electron chi connectivity index (χ1n) is 51.2. The second-order valence-corrected chi connectivity index (χ2v) is 40.8. The van der Waals surface area contributed by atoms with Crippen LogP contribution in [0.2, 0.25) is 0 Å². The summed E-state index contributed by atoms with van der Waals surface area (Å²) in [6.07, 6.45) is 29.9. The van der Waals surface area contributed by atoms with Gasteiger partial charge < -0.3 is 56.0 Å². The van der Waals surface area contributed by atoms with Crippen LogP contribution in [0.5, 0.6) is 11.5 Å². The number of fused-ring (bicyclic) bond motifs is 6. The topological polar surface area (TPSA) is 136 Å². The van der Waals surface area contributed by atoms with Crippen LogP contribution in [0.4, 0.5) is 51.3 Å². The number of para-hydroxylation sites is 8. The van der Waals surface area contributed by atoms with E-state index >= 15 is 0 Å². The maximum Gasteiger partial charge on any atom is 2.00 e. The predicted octanol–water partition coefficient (Wildman–Crippen LogP) is 31.2. The summed E-state index contributed by atoms with van der Waals surface area (Å²) in [5, 5.41) is 4.59. The van der Waals surface area contributed by atoms with Gasteiger partial charge in [-0.2, -0.15) is 18.2 Å². The average molecular weight is 2510 g/mol. The normalized spacial score (nSPS) is 11.4. The molecule has 0 aliphatic rings. The van der Waals surface area contributed by atoms with Crippen molar-refractivity contribution in [2.24, 2.45) is 56.7 Å². The molecule has 22 rings (SSSR count). The van der Waals surface area contributed by atoms with Crippen LogP contribution in [-0.2, 0) is 123 Å². The van der Waals surface area contributed by atoms with Crippen LogP contribution < -0.4 is 19.4 Å². The van der Waals surface area contributed by atoms with E-state index in [1.807, 2.05) is 152 Å². The van der Waals surface area contributed by atoms with Crippen molar-refractivity contribution in [3.05, 3.63) is 436 Å². The predicted molar refractivity (Wildman–Crippen MR) is 601 cm³/mol. The standard InChI is InChI=1S/2C45H42N6.C39H39N5O.3Pt/c1-31(2)23-34-14-11-15-35(24-32(3)4)45(34)49-27-41(46-30-49)33-13-12-18-37(25-33)50(36-16-7-6-8-17-36)38-21-22-40-39-19-9-10-20-42(39)51(43(40)26-38)44-28-48(5)29-47-44;1-31(2)25-34-14-11-15-35(26-32(3)4)44(34)49-29-41(47-30-49)33-13-12-18-37(27-33)50(36-16-7-6-8-17-36)38-21-22-40-39-19-9-10-20-42(39)51(43(40)28-38)45-46-23-24-48(45)5;1-28(2)20-31-13-9-14-32(21-29(3)4)39(31)43-24-37(40-27-43)30-12-10-18-35(22-30)45-36-19-11-17-34(23-36)44(33-15-7-6-8-16-33)38-25-42(5)26-41-38;;;/h6-22,27-32H,23-24H2,1-5H3;6-24,29-32H,25-26H2,1-5H3;6-19,24-29H,20-21H2,1-5H3;;;/q3*-2;3*+2. The molecule has 0 unspecified atom stereocenters. The zero-order chi connectivity index (χ0) is 101. The third-order valence-corrected chi connectivity index (χ3v) is 26.2. The maximum atomic E-state index is 6.33. The van der Waals surface area contributed by atoms with Gasteiger partial charge in [0.05, 0.1) is 48.7 Å². The first-order valence-corrected chi connectivity index (χ1v) is 51.2. The van der Waals surface area contributed by atoms with E-state index in [9.17, 15) is 0 Å². The molecule has 22 aromatic rings. The molecule has 0 atom stereocenters. The minimum Gasteiger partial charge on any atom is -0.503 e. The SMILES string of the molecule is CC(C)Cc1cccc(CC(C)C)c1-n1cnc(-c2[c-]c(N(c3[c-]c4c(cc3)c3ccccc3n4-c3cn(C)cn3)c3ccccc3)ccc2)c1.CC(C)Cc1cccc(CC(C)C)c1-n1cnc(-c2[c-]c(N(c3[c-]c4c(cc3)c3ccccc3n4-c3nccn3C)c3ccccc3)ccc2)c1.CC(C)Cc1cccc(CC(C)C)c1-n1cnc(-c2[c-]c(Oc3[c-]c(N(c4ccccc4)c4cn(C)cn4)ccc3)ccc2)c1.[Pt+2].[Pt+2].[Pt+2]. The summed E-state index contributed by atoms with van der Waals surface area (Å²) in [7, 11) is 5.99. The monoisotopic (exact) mass is 2510 g/mol. The first kappa shape index (κ1) is 107. The Morgan fingerprint density at radius 2 is 0.620 bits per heavy atom. The van der Waals surface area contributed by atoms with Crippen LogP contribution in [0.3, 0.4) is 0 Å². The summed E-state index contributed by atoms with van der Waals surface area (Å²) in [6.45, 7) is 27.3. The number of nitrogens with zero attached hydrogens (tertiary/aromatic N) is 17. The molecule has 0 N–H and O–H groups in total. The van der Waals surface area contributed by atoms with Crippen LogP contribution in [0.25, 0.3) is 106 Å². The third kappa shape index (κ3) is 23.6. The molecule has 8 aromatic heterocycles. The van der Waals surface area contributed by atoms with E-state index in [1.54, 1.807) is 6.33 Å². The summed E-state index contributed by atoms with van der Waals surface area (Å²) in [6, 6.07) is 123. The number of rotatable bonds is 31. The number of anilines is 9. The number of imidazole rings is 6. The molecule has 0 saturated carbocycles. The number of aromatic nitrogens is 14. The summed E-state index contributed by atoms with van der Waals surface area (Å²) in [5.41, 5.74) is 28.8. The number of ether oxygens (including phenoxy) is 1. The summed E-state index contributed by atoms with van der Waals surface area (Å²) >= 11 is 0. The van der Waals surface area contributed by atoms with Gasteiger partial charge in [0.15, 0.2) is 11.6 Å². The molecule has 8 heterocycles. The Morgan fingerprint density at radius 1 is 0.280 bits per heavy atom. The van der Waals surface area contributed by atoms with E-state index in [0.29, 0.717) is 47.0 Å². The van der Waals surface area contributed by atoms with Gasteiger partial charge in [0, 0.05) is 103 Å². The molecule has 18 nitrogen and oxygen atoms in total. The zero-order valence-electron chi connectivity index (χ0n) is 87.3. The summed E-state index contributed by atoms with van der Waals surface area (Å²) in [5.74, 6) is 7.01. The fourth-order valence-electron chi connectivity index (χ4n) is 20.2. The fourth-order valence-corrected chi connectivity index (χ4v) is 20.2. The van der Waals surface area contributed by atoms with E-state index in [-0.39, 0.29) is 63.2 Å². The van der Waals surface area contributed by atoms with Crippen molar-refractivity contribution in [2.75, 3.05) is 14.7 Å². The Balaban J connectivity index is 0.000000152. The smallest absolute Gasteiger partial charge is 0.503 e. The molecule has 0 aliphatic heterocycles. The van der Waals surface area contributed by atoms with Gasteiger partial charge in [-0.25, -0.2) is 15.0 Å². The largest absolute Gasteiger partial charge is 2.00 e. The van der Waals surface area contributed by atoms with Crippen molar-refractivity contribution in [3.63, 3.8) is 0 Å².